The van der Waals surface area contributed by atoms with Crippen LogP contribution in [0.3, 0.4) is 0 Å². The van der Waals surface area contributed by atoms with Gasteiger partial charge in [-0.2, -0.15) is 0 Å². The van der Waals surface area contributed by atoms with Crippen molar-refractivity contribution in [1.29, 1.82) is 0 Å². The van der Waals surface area contributed by atoms with Crippen LogP contribution in [0.5, 0.6) is 0 Å². The summed E-state index contributed by atoms with van der Waals surface area (Å²) in [6.07, 6.45) is 0.311. The number of aliphatic carboxylic acids is 1. The van der Waals surface area contributed by atoms with Gasteiger partial charge in [0.2, 0.25) is 0 Å². The van der Waals surface area contributed by atoms with E-state index in [9.17, 15) is 9.59 Å². The van der Waals surface area contributed by atoms with Crippen LogP contribution in [0.1, 0.15) is 29.5 Å². The normalized spacial score (nSPS) is 12.3. The number of fused-ring (bicyclic) bond motifs is 1. The van der Waals surface area contributed by atoms with Gasteiger partial charge in [-0.05, 0) is 37.1 Å². The molecule has 0 fully saturated rings. The van der Waals surface area contributed by atoms with E-state index in [1.807, 2.05) is 19.1 Å². The van der Waals surface area contributed by atoms with Crippen LogP contribution in [0.4, 0.5) is 0 Å². The molecule has 1 aromatic carbocycles. The van der Waals surface area contributed by atoms with Crippen LogP contribution in [-0.2, 0) is 4.79 Å². The number of hydrogen-bond donors (Lipinski definition) is 2. The van der Waals surface area contributed by atoms with E-state index in [2.05, 4.69) is 21.2 Å². The van der Waals surface area contributed by atoms with Crippen molar-refractivity contribution in [1.82, 2.24) is 5.32 Å². The molecule has 0 aliphatic carbocycles. The molecule has 0 aliphatic rings. The second kappa shape index (κ2) is 5.66. The fraction of sp³-hybridized carbons (Fsp3) is 0.286. The molecule has 2 N–H and O–H groups in total. The Morgan fingerprint density at radius 1 is 1.40 bits per heavy atom. The lowest BCUT2D eigenvalue weighted by Gasteiger charge is -2.10. The van der Waals surface area contributed by atoms with E-state index in [0.29, 0.717) is 12.0 Å². The van der Waals surface area contributed by atoms with Gasteiger partial charge in [0.1, 0.15) is 11.6 Å². The second-order valence-electron chi connectivity index (χ2n) is 4.52. The van der Waals surface area contributed by atoms with E-state index in [4.69, 9.17) is 9.52 Å². The zero-order valence-electron chi connectivity index (χ0n) is 11.1. The number of hydrogen-bond acceptors (Lipinski definition) is 3. The van der Waals surface area contributed by atoms with Crippen molar-refractivity contribution in [2.45, 2.75) is 26.3 Å². The topological polar surface area (TPSA) is 79.5 Å². The van der Waals surface area contributed by atoms with E-state index >= 15 is 0 Å². The maximum atomic E-state index is 12.0. The van der Waals surface area contributed by atoms with Crippen LogP contribution in [0.15, 0.2) is 27.1 Å². The van der Waals surface area contributed by atoms with Gasteiger partial charge in [-0.25, -0.2) is 4.79 Å². The third kappa shape index (κ3) is 2.85. The first kappa shape index (κ1) is 14.6. The van der Waals surface area contributed by atoms with Crippen molar-refractivity contribution in [2.24, 2.45) is 0 Å². The smallest absolute Gasteiger partial charge is 0.326 e. The van der Waals surface area contributed by atoms with Gasteiger partial charge in [0.05, 0.1) is 0 Å². The molecular formula is C14H14BrNO4. The average molecular weight is 340 g/mol. The van der Waals surface area contributed by atoms with Gasteiger partial charge in [-0.3, -0.25) is 4.79 Å². The van der Waals surface area contributed by atoms with Gasteiger partial charge in [0.15, 0.2) is 5.76 Å². The van der Waals surface area contributed by atoms with Crippen LogP contribution in [0.2, 0.25) is 0 Å². The Labute approximate surface area is 124 Å². The fourth-order valence-electron chi connectivity index (χ4n) is 1.96. The largest absolute Gasteiger partial charge is 0.480 e. The summed E-state index contributed by atoms with van der Waals surface area (Å²) < 4.78 is 6.41. The Morgan fingerprint density at radius 2 is 2.10 bits per heavy atom. The van der Waals surface area contributed by atoms with Crippen LogP contribution in [-0.4, -0.2) is 23.0 Å². The summed E-state index contributed by atoms with van der Waals surface area (Å²) in [6, 6.07) is 4.43. The Bertz CT molecular complexity index is 677. The predicted octanol–water partition coefficient (Wildman–Crippen LogP) is 3.10. The van der Waals surface area contributed by atoms with Crippen molar-refractivity contribution in [2.75, 3.05) is 0 Å². The van der Waals surface area contributed by atoms with Gasteiger partial charge in [-0.1, -0.05) is 22.9 Å². The highest BCUT2D eigenvalue weighted by atomic mass is 79.9. The Kier molecular flexibility index (Phi) is 4.13. The molecule has 6 heteroatoms. The van der Waals surface area contributed by atoms with Crippen molar-refractivity contribution in [3.63, 3.8) is 0 Å². The SMILES string of the molecule is CCC(NC(=O)c1cc2cc(Br)cc(C)c2o1)C(=O)O. The number of carbonyl (C=O) groups excluding carboxylic acids is 1. The van der Waals surface area contributed by atoms with Crippen LogP contribution >= 0.6 is 15.9 Å². The third-order valence-electron chi connectivity index (χ3n) is 3.00. The number of rotatable bonds is 4. The minimum Gasteiger partial charge on any atom is -0.480 e. The molecule has 1 unspecified atom stereocenters. The highest BCUT2D eigenvalue weighted by Crippen LogP contribution is 2.27. The highest BCUT2D eigenvalue weighted by molar-refractivity contribution is 9.10. The Balaban J connectivity index is 2.31. The van der Waals surface area contributed by atoms with Crippen molar-refractivity contribution >= 4 is 38.8 Å². The predicted molar refractivity (Wildman–Crippen MR) is 77.8 cm³/mol. The summed E-state index contributed by atoms with van der Waals surface area (Å²) in [4.78, 5) is 22.9. The van der Waals surface area contributed by atoms with Crippen LogP contribution in [0.25, 0.3) is 11.0 Å². The zero-order valence-corrected chi connectivity index (χ0v) is 12.7. The molecule has 5 nitrogen and oxygen atoms in total. The molecule has 1 aromatic heterocycles. The summed E-state index contributed by atoms with van der Waals surface area (Å²) >= 11 is 3.38. The van der Waals surface area contributed by atoms with E-state index in [0.717, 1.165) is 15.4 Å². The summed E-state index contributed by atoms with van der Waals surface area (Å²) in [5, 5.41) is 12.2. The molecule has 20 heavy (non-hydrogen) atoms. The van der Waals surface area contributed by atoms with E-state index < -0.39 is 17.9 Å². The molecule has 1 atom stereocenters. The molecule has 0 radical (unpaired) electrons. The number of carboxylic acid groups (broad SMARTS) is 1. The minimum atomic E-state index is -1.06. The quantitative estimate of drug-likeness (QED) is 0.896. The number of amides is 1. The van der Waals surface area contributed by atoms with E-state index in [-0.39, 0.29) is 5.76 Å². The Morgan fingerprint density at radius 3 is 2.70 bits per heavy atom. The molecule has 0 spiro atoms. The summed E-state index contributed by atoms with van der Waals surface area (Å²) in [5.41, 5.74) is 1.53. The molecule has 1 amide bonds. The molecule has 1 heterocycles. The molecule has 106 valence electrons. The van der Waals surface area contributed by atoms with Gasteiger partial charge in [0.25, 0.3) is 5.91 Å². The monoisotopic (exact) mass is 339 g/mol. The van der Waals surface area contributed by atoms with Crippen LogP contribution < -0.4 is 5.32 Å². The zero-order chi connectivity index (χ0) is 14.9. The summed E-state index contributed by atoms with van der Waals surface area (Å²) in [5.74, 6) is -1.47. The van der Waals surface area contributed by atoms with Gasteiger partial charge < -0.3 is 14.8 Å². The first-order chi connectivity index (χ1) is 9.42. The Hall–Kier alpha value is -1.82. The van der Waals surface area contributed by atoms with Crippen molar-refractivity contribution < 1.29 is 19.1 Å². The molecular weight excluding hydrogens is 326 g/mol. The number of benzene rings is 1. The van der Waals surface area contributed by atoms with Crippen molar-refractivity contribution in [3.8, 4) is 0 Å². The molecule has 2 rings (SSSR count). The van der Waals surface area contributed by atoms with E-state index in [1.54, 1.807) is 13.0 Å². The minimum absolute atomic E-state index is 0.112. The lowest BCUT2D eigenvalue weighted by Crippen LogP contribution is -2.40. The third-order valence-corrected chi connectivity index (χ3v) is 3.46. The number of furan rings is 1. The number of carbonyl (C=O) groups is 2. The number of aryl methyl sites for hydroxylation is 1. The highest BCUT2D eigenvalue weighted by Gasteiger charge is 2.21. The van der Waals surface area contributed by atoms with Gasteiger partial charge >= 0.3 is 5.97 Å². The maximum absolute atomic E-state index is 12.0. The van der Waals surface area contributed by atoms with Gasteiger partial charge in [-0.15, -0.1) is 0 Å². The van der Waals surface area contributed by atoms with E-state index in [1.165, 1.54) is 0 Å². The standard InChI is InChI=1S/C14H14BrNO4/c1-3-10(14(18)19)16-13(17)11-6-8-5-9(15)4-7(2)12(8)20-11/h4-6,10H,3H2,1-2H3,(H,16,17)(H,18,19). The van der Waals surface area contributed by atoms with Crippen molar-refractivity contribution in [3.05, 3.63) is 34.0 Å². The number of carboxylic acids is 1. The lowest BCUT2D eigenvalue weighted by molar-refractivity contribution is -0.139. The lowest BCUT2D eigenvalue weighted by atomic mass is 10.2. The summed E-state index contributed by atoms with van der Waals surface area (Å²) in [6.45, 7) is 3.57. The molecule has 0 saturated heterocycles. The number of nitrogens with one attached hydrogen (secondary N) is 1. The van der Waals surface area contributed by atoms with Crippen LogP contribution in [0, 0.1) is 6.92 Å². The van der Waals surface area contributed by atoms with Gasteiger partial charge in [0, 0.05) is 9.86 Å². The second-order valence-corrected chi connectivity index (χ2v) is 5.44. The number of halogens is 1. The molecule has 0 saturated carbocycles. The maximum Gasteiger partial charge on any atom is 0.326 e. The first-order valence-electron chi connectivity index (χ1n) is 6.15. The fourth-order valence-corrected chi connectivity index (χ4v) is 2.55. The molecule has 0 aliphatic heterocycles. The molecule has 2 aromatic rings. The molecule has 0 bridgehead atoms. The first-order valence-corrected chi connectivity index (χ1v) is 6.95. The average Bonchev–Trinajstić information content (AvgIpc) is 2.79. The summed E-state index contributed by atoms with van der Waals surface area (Å²) in [7, 11) is 0.